The molecule has 152 valence electrons. The molecular weight excluding hydrogens is 360 g/mol. The molecule has 0 atom stereocenters. The third-order valence-corrected chi connectivity index (χ3v) is 6.59. The minimum atomic E-state index is 0.218. The predicted molar refractivity (Wildman–Crippen MR) is 116 cm³/mol. The van der Waals surface area contributed by atoms with Gasteiger partial charge in [0.2, 0.25) is 5.91 Å². The third-order valence-electron chi connectivity index (χ3n) is 6.59. The van der Waals surface area contributed by atoms with Crippen molar-refractivity contribution in [2.24, 2.45) is 5.92 Å². The molecule has 1 saturated heterocycles. The molecule has 0 radical (unpaired) electrons. The van der Waals surface area contributed by atoms with Gasteiger partial charge in [-0.2, -0.15) is 5.26 Å². The van der Waals surface area contributed by atoms with Crippen LogP contribution in [0.2, 0.25) is 0 Å². The number of aromatic nitrogens is 1. The molecule has 2 aromatic rings. The number of benzene rings is 1. The summed E-state index contributed by atoms with van der Waals surface area (Å²) < 4.78 is 0. The molecule has 1 aromatic carbocycles. The summed E-state index contributed by atoms with van der Waals surface area (Å²) in [6.45, 7) is 7.26. The molecule has 2 heterocycles. The number of carbonyl (C=O) groups is 1. The van der Waals surface area contributed by atoms with Gasteiger partial charge in [0.15, 0.2) is 0 Å². The summed E-state index contributed by atoms with van der Waals surface area (Å²) in [4.78, 5) is 22.1. The first-order valence-corrected chi connectivity index (χ1v) is 10.9. The van der Waals surface area contributed by atoms with E-state index in [4.69, 9.17) is 4.98 Å². The van der Waals surface area contributed by atoms with Crippen LogP contribution in [0.4, 0.5) is 5.82 Å². The molecule has 2 aliphatic rings. The van der Waals surface area contributed by atoms with Gasteiger partial charge in [-0.15, -0.1) is 0 Å². The fourth-order valence-electron chi connectivity index (χ4n) is 4.71. The van der Waals surface area contributed by atoms with Crippen molar-refractivity contribution in [2.75, 3.05) is 31.1 Å². The molecule has 2 fully saturated rings. The van der Waals surface area contributed by atoms with Crippen molar-refractivity contribution in [3.05, 3.63) is 34.9 Å². The molecule has 1 aromatic heterocycles. The zero-order valence-corrected chi connectivity index (χ0v) is 17.6. The smallest absolute Gasteiger partial charge is 0.225 e. The Balaban J connectivity index is 1.55. The summed E-state index contributed by atoms with van der Waals surface area (Å²) in [7, 11) is 0. The van der Waals surface area contributed by atoms with Crippen molar-refractivity contribution in [1.82, 2.24) is 9.88 Å². The van der Waals surface area contributed by atoms with Gasteiger partial charge in [0.05, 0.1) is 11.1 Å². The number of carbonyl (C=O) groups excluding carboxylic acids is 1. The molecule has 5 nitrogen and oxygen atoms in total. The van der Waals surface area contributed by atoms with Crippen LogP contribution in [0.1, 0.15) is 55.2 Å². The van der Waals surface area contributed by atoms with Crippen LogP contribution in [-0.4, -0.2) is 42.0 Å². The van der Waals surface area contributed by atoms with Gasteiger partial charge in [-0.3, -0.25) is 4.79 Å². The molecular formula is C24H30N4O. The first-order chi connectivity index (χ1) is 14.1. The van der Waals surface area contributed by atoms with Gasteiger partial charge in [-0.05, 0) is 62.4 Å². The van der Waals surface area contributed by atoms with Gasteiger partial charge < -0.3 is 9.80 Å². The normalized spacial score (nSPS) is 18.5. The highest BCUT2D eigenvalue weighted by Crippen LogP contribution is 2.28. The summed E-state index contributed by atoms with van der Waals surface area (Å²) in [5.41, 5.74) is 3.97. The van der Waals surface area contributed by atoms with Crippen LogP contribution in [0, 0.1) is 31.1 Å². The average Bonchev–Trinajstić information content (AvgIpc) is 3.00. The molecule has 0 spiro atoms. The van der Waals surface area contributed by atoms with Crippen LogP contribution in [0.25, 0.3) is 10.9 Å². The minimum absolute atomic E-state index is 0.218. The predicted octanol–water partition coefficient (Wildman–Crippen LogP) is 4.34. The molecule has 4 rings (SSSR count). The number of hydrogen-bond acceptors (Lipinski definition) is 4. The van der Waals surface area contributed by atoms with Crippen molar-refractivity contribution in [3.63, 3.8) is 0 Å². The van der Waals surface area contributed by atoms with Crippen molar-refractivity contribution < 1.29 is 4.79 Å². The topological polar surface area (TPSA) is 60.2 Å². The lowest BCUT2D eigenvalue weighted by atomic mass is 9.88. The molecule has 1 aliphatic heterocycles. The van der Waals surface area contributed by atoms with Crippen LogP contribution in [0.15, 0.2) is 18.2 Å². The molecule has 0 bridgehead atoms. The van der Waals surface area contributed by atoms with Gasteiger partial charge in [0, 0.05) is 37.5 Å². The standard InChI is InChI=1S/C24H30N4O/c1-17-13-20-15-21(16-25)23(26-22(20)14-18(17)2)27-9-6-10-28(12-11-27)24(29)19-7-4-3-5-8-19/h13-15,19H,3-12H2,1-2H3. The maximum absolute atomic E-state index is 13.0. The van der Waals surface area contributed by atoms with Crippen LogP contribution < -0.4 is 4.90 Å². The first-order valence-electron chi connectivity index (χ1n) is 10.9. The fraction of sp³-hybridized carbons (Fsp3) is 0.542. The van der Waals surface area contributed by atoms with Crippen molar-refractivity contribution >= 4 is 22.6 Å². The number of aryl methyl sites for hydroxylation is 2. The molecule has 29 heavy (non-hydrogen) atoms. The summed E-state index contributed by atoms with van der Waals surface area (Å²) in [6.07, 6.45) is 6.63. The lowest BCUT2D eigenvalue weighted by Crippen LogP contribution is -2.39. The Kier molecular flexibility index (Phi) is 5.71. The van der Waals surface area contributed by atoms with E-state index in [1.807, 2.05) is 6.07 Å². The molecule has 0 N–H and O–H groups in total. The minimum Gasteiger partial charge on any atom is -0.354 e. The first kappa shape index (κ1) is 19.7. The van der Waals surface area contributed by atoms with Crippen molar-refractivity contribution in [1.29, 1.82) is 5.26 Å². The molecule has 1 amide bonds. The Morgan fingerprint density at radius 2 is 1.76 bits per heavy atom. The fourth-order valence-corrected chi connectivity index (χ4v) is 4.71. The maximum atomic E-state index is 13.0. The second-order valence-corrected chi connectivity index (χ2v) is 8.60. The number of pyridine rings is 1. The largest absolute Gasteiger partial charge is 0.354 e. The SMILES string of the molecule is Cc1cc2cc(C#N)c(N3CCCN(C(=O)C4CCCCC4)CC3)nc2cc1C. The quantitative estimate of drug-likeness (QED) is 0.765. The Hall–Kier alpha value is -2.61. The van der Waals surface area contributed by atoms with E-state index in [1.165, 1.54) is 30.4 Å². The van der Waals surface area contributed by atoms with Crippen LogP contribution in [0.3, 0.4) is 0 Å². The third kappa shape index (κ3) is 4.07. The molecule has 1 saturated carbocycles. The molecule has 1 aliphatic carbocycles. The Morgan fingerprint density at radius 3 is 2.52 bits per heavy atom. The second kappa shape index (κ2) is 8.41. The maximum Gasteiger partial charge on any atom is 0.225 e. The highest BCUT2D eigenvalue weighted by Gasteiger charge is 2.28. The van der Waals surface area contributed by atoms with E-state index < -0.39 is 0 Å². The molecule has 5 heteroatoms. The Bertz CT molecular complexity index is 955. The summed E-state index contributed by atoms with van der Waals surface area (Å²) in [5.74, 6) is 1.31. The average molecular weight is 391 g/mol. The summed E-state index contributed by atoms with van der Waals surface area (Å²) in [6, 6.07) is 8.51. The number of nitrogens with zero attached hydrogens (tertiary/aromatic N) is 4. The Morgan fingerprint density at radius 1 is 1.00 bits per heavy atom. The summed E-state index contributed by atoms with van der Waals surface area (Å²) in [5, 5.41) is 10.7. The van der Waals surface area contributed by atoms with Crippen molar-refractivity contribution in [3.8, 4) is 6.07 Å². The highest BCUT2D eigenvalue weighted by molar-refractivity contribution is 5.84. The van der Waals surface area contributed by atoms with E-state index in [-0.39, 0.29) is 5.92 Å². The van der Waals surface area contributed by atoms with E-state index in [1.54, 1.807) is 0 Å². The highest BCUT2D eigenvalue weighted by atomic mass is 16.2. The summed E-state index contributed by atoms with van der Waals surface area (Å²) >= 11 is 0. The van der Waals surface area contributed by atoms with E-state index in [0.29, 0.717) is 18.0 Å². The second-order valence-electron chi connectivity index (χ2n) is 8.60. The van der Waals surface area contributed by atoms with Crippen LogP contribution in [0.5, 0.6) is 0 Å². The lowest BCUT2D eigenvalue weighted by molar-refractivity contribution is -0.136. The number of hydrogen-bond donors (Lipinski definition) is 0. The number of amides is 1. The number of rotatable bonds is 2. The van der Waals surface area contributed by atoms with Gasteiger partial charge in [0.1, 0.15) is 11.9 Å². The zero-order valence-electron chi connectivity index (χ0n) is 17.6. The van der Waals surface area contributed by atoms with Gasteiger partial charge in [-0.1, -0.05) is 19.3 Å². The van der Waals surface area contributed by atoms with Gasteiger partial charge in [-0.25, -0.2) is 4.98 Å². The van der Waals surface area contributed by atoms with E-state index in [2.05, 4.69) is 41.8 Å². The van der Waals surface area contributed by atoms with E-state index in [0.717, 1.165) is 55.6 Å². The van der Waals surface area contributed by atoms with Crippen LogP contribution in [-0.2, 0) is 4.79 Å². The van der Waals surface area contributed by atoms with Crippen molar-refractivity contribution in [2.45, 2.75) is 52.4 Å². The lowest BCUT2D eigenvalue weighted by Gasteiger charge is -2.28. The van der Waals surface area contributed by atoms with Gasteiger partial charge >= 0.3 is 0 Å². The number of fused-ring (bicyclic) bond motifs is 1. The monoisotopic (exact) mass is 390 g/mol. The number of anilines is 1. The van der Waals surface area contributed by atoms with Gasteiger partial charge in [0.25, 0.3) is 0 Å². The van der Waals surface area contributed by atoms with E-state index in [9.17, 15) is 10.1 Å². The zero-order chi connectivity index (χ0) is 20.4. The number of nitriles is 1. The Labute approximate surface area is 173 Å². The van der Waals surface area contributed by atoms with Crippen LogP contribution >= 0.6 is 0 Å². The van der Waals surface area contributed by atoms with E-state index >= 15 is 0 Å². The molecule has 0 unspecified atom stereocenters.